The maximum absolute atomic E-state index is 10.5. The molecule has 1 aliphatic carbocycles. The standard InChI is InChI=1S/C13H21N3O2/c1-9-3-4-10(7-9)11-15-12(18-16-11)13(17)5-2-6-14-8-13/h9-10,14,17H,2-8H2,1H3. The summed E-state index contributed by atoms with van der Waals surface area (Å²) in [6.45, 7) is 3.72. The highest BCUT2D eigenvalue weighted by Gasteiger charge is 2.38. The summed E-state index contributed by atoms with van der Waals surface area (Å²) in [6, 6.07) is 0. The number of piperidine rings is 1. The van der Waals surface area contributed by atoms with Crippen molar-refractivity contribution in [2.75, 3.05) is 13.1 Å². The molecule has 2 fully saturated rings. The fourth-order valence-corrected chi connectivity index (χ4v) is 3.10. The summed E-state index contributed by atoms with van der Waals surface area (Å²) in [5.41, 5.74) is -0.965. The largest absolute Gasteiger partial charge is 0.379 e. The summed E-state index contributed by atoms with van der Waals surface area (Å²) in [5, 5.41) is 17.8. The fourth-order valence-electron chi connectivity index (χ4n) is 3.10. The van der Waals surface area contributed by atoms with Crippen LogP contribution in [0.4, 0.5) is 0 Å². The van der Waals surface area contributed by atoms with E-state index in [4.69, 9.17) is 4.52 Å². The lowest BCUT2D eigenvalue weighted by molar-refractivity contribution is -0.0167. The van der Waals surface area contributed by atoms with Gasteiger partial charge in [0.25, 0.3) is 5.89 Å². The van der Waals surface area contributed by atoms with Crippen molar-refractivity contribution in [3.8, 4) is 0 Å². The predicted octanol–water partition coefficient (Wildman–Crippen LogP) is 1.54. The van der Waals surface area contributed by atoms with Crippen LogP contribution >= 0.6 is 0 Å². The Morgan fingerprint density at radius 2 is 2.33 bits per heavy atom. The van der Waals surface area contributed by atoms with E-state index in [9.17, 15) is 5.11 Å². The topological polar surface area (TPSA) is 71.2 Å². The molecule has 2 aliphatic rings. The maximum atomic E-state index is 10.5. The zero-order valence-corrected chi connectivity index (χ0v) is 10.9. The van der Waals surface area contributed by atoms with Crippen LogP contribution in [-0.2, 0) is 5.60 Å². The molecule has 18 heavy (non-hydrogen) atoms. The molecule has 3 rings (SSSR count). The van der Waals surface area contributed by atoms with Crippen LogP contribution in [0.3, 0.4) is 0 Å². The molecule has 5 heteroatoms. The van der Waals surface area contributed by atoms with E-state index in [2.05, 4.69) is 22.4 Å². The van der Waals surface area contributed by atoms with Crippen LogP contribution in [0.15, 0.2) is 4.52 Å². The van der Waals surface area contributed by atoms with E-state index in [0.29, 0.717) is 24.8 Å². The highest BCUT2D eigenvalue weighted by atomic mass is 16.5. The second kappa shape index (κ2) is 4.63. The Labute approximate surface area is 107 Å². The minimum absolute atomic E-state index is 0.393. The van der Waals surface area contributed by atoms with Gasteiger partial charge < -0.3 is 14.9 Å². The average molecular weight is 251 g/mol. The average Bonchev–Trinajstić information content (AvgIpc) is 2.98. The molecule has 1 aliphatic heterocycles. The molecule has 3 unspecified atom stereocenters. The first-order valence-electron chi connectivity index (χ1n) is 6.94. The molecule has 0 amide bonds. The SMILES string of the molecule is CC1CCC(c2noc(C3(O)CCCNC3)n2)C1. The third-order valence-electron chi connectivity index (χ3n) is 4.26. The molecule has 0 spiro atoms. The summed E-state index contributed by atoms with van der Waals surface area (Å²) in [4.78, 5) is 4.45. The number of nitrogens with zero attached hydrogens (tertiary/aromatic N) is 2. The maximum Gasteiger partial charge on any atom is 0.259 e. The predicted molar refractivity (Wildman–Crippen MR) is 66.1 cm³/mol. The Morgan fingerprint density at radius 1 is 1.44 bits per heavy atom. The minimum Gasteiger partial charge on any atom is -0.379 e. The lowest BCUT2D eigenvalue weighted by atomic mass is 9.94. The Kier molecular flexibility index (Phi) is 3.11. The Hall–Kier alpha value is -0.940. The number of rotatable bonds is 2. The van der Waals surface area contributed by atoms with Crippen molar-refractivity contribution in [2.45, 2.75) is 50.5 Å². The number of aliphatic hydroxyl groups is 1. The van der Waals surface area contributed by atoms with E-state index in [0.717, 1.165) is 37.5 Å². The van der Waals surface area contributed by atoms with Crippen LogP contribution in [0.1, 0.15) is 56.7 Å². The van der Waals surface area contributed by atoms with Crippen molar-refractivity contribution in [1.82, 2.24) is 15.5 Å². The molecule has 5 nitrogen and oxygen atoms in total. The minimum atomic E-state index is -0.965. The Morgan fingerprint density at radius 3 is 3.00 bits per heavy atom. The van der Waals surface area contributed by atoms with Gasteiger partial charge in [-0.05, 0) is 44.6 Å². The Balaban J connectivity index is 1.76. The quantitative estimate of drug-likeness (QED) is 0.834. The lowest BCUT2D eigenvalue weighted by Crippen LogP contribution is -2.43. The normalized spacial score (nSPS) is 37.0. The molecule has 2 N–H and O–H groups in total. The molecular formula is C13H21N3O2. The lowest BCUT2D eigenvalue weighted by Gasteiger charge is -2.28. The van der Waals surface area contributed by atoms with Crippen LogP contribution in [0, 0.1) is 5.92 Å². The molecule has 1 aromatic heterocycles. The van der Waals surface area contributed by atoms with Crippen molar-refractivity contribution in [1.29, 1.82) is 0 Å². The number of hydrogen-bond acceptors (Lipinski definition) is 5. The van der Waals surface area contributed by atoms with Crippen LogP contribution < -0.4 is 5.32 Å². The van der Waals surface area contributed by atoms with Crippen molar-refractivity contribution in [3.05, 3.63) is 11.7 Å². The molecule has 1 saturated carbocycles. The van der Waals surface area contributed by atoms with Crippen LogP contribution in [-0.4, -0.2) is 28.3 Å². The van der Waals surface area contributed by atoms with E-state index in [1.165, 1.54) is 6.42 Å². The highest BCUT2D eigenvalue weighted by molar-refractivity contribution is 5.05. The van der Waals surface area contributed by atoms with E-state index in [1.54, 1.807) is 0 Å². The van der Waals surface area contributed by atoms with Gasteiger partial charge in [0.15, 0.2) is 11.4 Å². The number of hydrogen-bond donors (Lipinski definition) is 2. The van der Waals surface area contributed by atoms with Gasteiger partial charge in [-0.3, -0.25) is 0 Å². The van der Waals surface area contributed by atoms with E-state index < -0.39 is 5.60 Å². The van der Waals surface area contributed by atoms with Crippen LogP contribution in [0.5, 0.6) is 0 Å². The molecule has 100 valence electrons. The van der Waals surface area contributed by atoms with Gasteiger partial charge in [-0.15, -0.1) is 0 Å². The van der Waals surface area contributed by atoms with Crippen molar-refractivity contribution >= 4 is 0 Å². The first-order valence-corrected chi connectivity index (χ1v) is 6.94. The summed E-state index contributed by atoms with van der Waals surface area (Å²) >= 11 is 0. The Bertz CT molecular complexity index is 412. The number of aromatic nitrogens is 2. The van der Waals surface area contributed by atoms with E-state index >= 15 is 0 Å². The second-order valence-electron chi connectivity index (χ2n) is 5.88. The van der Waals surface area contributed by atoms with Crippen molar-refractivity contribution in [3.63, 3.8) is 0 Å². The van der Waals surface area contributed by atoms with Gasteiger partial charge in [-0.1, -0.05) is 12.1 Å². The number of β-amino-alcohol motifs (C(OH)–C–C–N with tert-alkyl or cyclic N) is 1. The zero-order valence-electron chi connectivity index (χ0n) is 10.9. The van der Waals surface area contributed by atoms with Gasteiger partial charge >= 0.3 is 0 Å². The summed E-state index contributed by atoms with van der Waals surface area (Å²) in [6.07, 6.45) is 5.14. The van der Waals surface area contributed by atoms with Crippen molar-refractivity contribution < 1.29 is 9.63 Å². The highest BCUT2D eigenvalue weighted by Crippen LogP contribution is 2.37. The number of nitrogens with one attached hydrogen (secondary N) is 1. The molecule has 2 heterocycles. The van der Waals surface area contributed by atoms with Gasteiger partial charge in [0.2, 0.25) is 0 Å². The fraction of sp³-hybridized carbons (Fsp3) is 0.846. The third-order valence-corrected chi connectivity index (χ3v) is 4.26. The molecule has 1 aromatic rings. The summed E-state index contributed by atoms with van der Waals surface area (Å²) < 4.78 is 5.30. The van der Waals surface area contributed by atoms with E-state index in [1.807, 2.05) is 0 Å². The summed E-state index contributed by atoms with van der Waals surface area (Å²) in [7, 11) is 0. The molecule has 3 atom stereocenters. The first kappa shape index (κ1) is 12.1. The second-order valence-corrected chi connectivity index (χ2v) is 5.88. The van der Waals surface area contributed by atoms with Crippen molar-refractivity contribution in [2.24, 2.45) is 5.92 Å². The van der Waals surface area contributed by atoms with Crippen LogP contribution in [0.25, 0.3) is 0 Å². The molecule has 1 saturated heterocycles. The summed E-state index contributed by atoms with van der Waals surface area (Å²) in [5.74, 6) is 2.34. The van der Waals surface area contributed by atoms with Gasteiger partial charge in [0.05, 0.1) is 0 Å². The third kappa shape index (κ3) is 2.17. The monoisotopic (exact) mass is 251 g/mol. The van der Waals surface area contributed by atoms with Gasteiger partial charge in [0, 0.05) is 12.5 Å². The van der Waals surface area contributed by atoms with E-state index in [-0.39, 0.29) is 0 Å². The molecule has 0 bridgehead atoms. The van der Waals surface area contributed by atoms with Gasteiger partial charge in [-0.25, -0.2) is 0 Å². The van der Waals surface area contributed by atoms with Gasteiger partial charge in [0.1, 0.15) is 0 Å². The van der Waals surface area contributed by atoms with Crippen LogP contribution in [0.2, 0.25) is 0 Å². The first-order chi connectivity index (χ1) is 8.67. The molecule has 0 radical (unpaired) electrons. The van der Waals surface area contributed by atoms with Gasteiger partial charge in [-0.2, -0.15) is 4.98 Å². The zero-order chi connectivity index (χ0) is 12.6. The molecular weight excluding hydrogens is 230 g/mol. The molecule has 0 aromatic carbocycles. The smallest absolute Gasteiger partial charge is 0.259 e.